The molecule has 2 aromatic rings. The molecular formula is C16H17N3O3S. The molecule has 1 aromatic heterocycles. The molecule has 0 aliphatic carbocycles. The zero-order valence-corrected chi connectivity index (χ0v) is 14.0. The lowest BCUT2D eigenvalue weighted by Crippen LogP contribution is -2.18. The zero-order chi connectivity index (χ0) is 16.4. The quantitative estimate of drug-likeness (QED) is 0.628. The van der Waals surface area contributed by atoms with Gasteiger partial charge in [-0.25, -0.2) is 0 Å². The third kappa shape index (κ3) is 2.96. The van der Waals surface area contributed by atoms with E-state index in [9.17, 15) is 4.79 Å². The highest BCUT2D eigenvalue weighted by Crippen LogP contribution is 2.43. The van der Waals surface area contributed by atoms with E-state index < -0.39 is 0 Å². The number of hydrogen-bond acceptors (Lipinski definition) is 7. The second kappa shape index (κ2) is 6.45. The summed E-state index contributed by atoms with van der Waals surface area (Å²) in [6, 6.07) is 7.77. The fourth-order valence-electron chi connectivity index (χ4n) is 2.21. The van der Waals surface area contributed by atoms with Crippen molar-refractivity contribution in [3.8, 4) is 0 Å². The van der Waals surface area contributed by atoms with E-state index in [1.807, 2.05) is 42.5 Å². The van der Waals surface area contributed by atoms with Crippen LogP contribution in [0, 0.1) is 0 Å². The normalized spacial score (nSPS) is 14.0. The molecule has 0 amide bonds. The van der Waals surface area contributed by atoms with Crippen LogP contribution in [0.2, 0.25) is 0 Å². The Kier molecular flexibility index (Phi) is 4.38. The van der Waals surface area contributed by atoms with E-state index in [0.29, 0.717) is 36.1 Å². The molecule has 0 saturated carbocycles. The molecular weight excluding hydrogens is 314 g/mol. The number of benzene rings is 1. The highest BCUT2D eigenvalue weighted by molar-refractivity contribution is 7.97. The number of carbonyl (C=O) groups excluding carboxylic acids is 1. The molecule has 0 bridgehead atoms. The lowest BCUT2D eigenvalue weighted by atomic mass is 10.1. The number of esters is 1. The van der Waals surface area contributed by atoms with Gasteiger partial charge in [0.2, 0.25) is 5.89 Å². The van der Waals surface area contributed by atoms with E-state index in [1.165, 1.54) is 11.9 Å². The van der Waals surface area contributed by atoms with E-state index in [1.54, 1.807) is 6.92 Å². The minimum Gasteiger partial charge on any atom is -0.423 e. The summed E-state index contributed by atoms with van der Waals surface area (Å²) in [5, 5.41) is 8.10. The smallest absolute Gasteiger partial charge is 0.310 e. The molecule has 7 heteroatoms. The van der Waals surface area contributed by atoms with Gasteiger partial charge in [-0.15, -0.1) is 10.2 Å². The van der Waals surface area contributed by atoms with Crippen LogP contribution >= 0.6 is 11.9 Å². The molecule has 0 unspecified atom stereocenters. The Hall–Kier alpha value is -2.28. The Labute approximate surface area is 138 Å². The summed E-state index contributed by atoms with van der Waals surface area (Å²) in [5.74, 6) is 1.05. The minimum atomic E-state index is -0.303. The summed E-state index contributed by atoms with van der Waals surface area (Å²) >= 11 is 1.53. The van der Waals surface area contributed by atoms with E-state index in [-0.39, 0.29) is 5.97 Å². The molecule has 0 radical (unpaired) electrons. The Morgan fingerprint density at radius 1 is 1.30 bits per heavy atom. The monoisotopic (exact) mass is 331 g/mol. The molecule has 0 fully saturated rings. The second-order valence-corrected chi connectivity index (χ2v) is 6.11. The fourth-order valence-corrected chi connectivity index (χ4v) is 3.16. The van der Waals surface area contributed by atoms with Crippen molar-refractivity contribution in [1.82, 2.24) is 14.5 Å². The maximum Gasteiger partial charge on any atom is 0.310 e. The number of ether oxygens (including phenoxy) is 1. The molecule has 0 spiro atoms. The third-order valence-electron chi connectivity index (χ3n) is 3.37. The number of aromatic nitrogens is 2. The number of fused-ring (bicyclic) bond motifs is 1. The summed E-state index contributed by atoms with van der Waals surface area (Å²) in [4.78, 5) is 12.9. The highest BCUT2D eigenvalue weighted by atomic mass is 32.2. The number of aryl methyl sites for hydroxylation is 1. The van der Waals surface area contributed by atoms with Gasteiger partial charge in [-0.2, -0.15) is 0 Å². The van der Waals surface area contributed by atoms with Crippen LogP contribution in [0.5, 0.6) is 0 Å². The van der Waals surface area contributed by atoms with Crippen LogP contribution in [0.1, 0.15) is 37.6 Å². The maximum atomic E-state index is 11.9. The minimum absolute atomic E-state index is 0.292. The van der Waals surface area contributed by atoms with Crippen molar-refractivity contribution >= 4 is 29.4 Å². The molecule has 23 heavy (non-hydrogen) atoms. The van der Waals surface area contributed by atoms with Gasteiger partial charge >= 0.3 is 5.97 Å². The van der Waals surface area contributed by atoms with Gasteiger partial charge in [0.15, 0.2) is 11.5 Å². The predicted molar refractivity (Wildman–Crippen MR) is 86.9 cm³/mol. The average molecular weight is 331 g/mol. The first-order chi connectivity index (χ1) is 11.1. The fraction of sp³-hybridized carbons (Fsp3) is 0.312. The molecule has 1 aromatic carbocycles. The summed E-state index contributed by atoms with van der Waals surface area (Å²) in [6.45, 7) is 3.70. The Morgan fingerprint density at radius 3 is 2.78 bits per heavy atom. The van der Waals surface area contributed by atoms with Crippen LogP contribution in [-0.4, -0.2) is 27.5 Å². The van der Waals surface area contributed by atoms with Crippen molar-refractivity contribution in [2.75, 3.05) is 7.05 Å². The van der Waals surface area contributed by atoms with Gasteiger partial charge in [0, 0.05) is 30.3 Å². The van der Waals surface area contributed by atoms with Crippen LogP contribution in [0.3, 0.4) is 0 Å². The van der Waals surface area contributed by atoms with Gasteiger partial charge in [0.05, 0.1) is 0 Å². The first kappa shape index (κ1) is 15.6. The molecule has 120 valence electrons. The van der Waals surface area contributed by atoms with Crippen LogP contribution in [0.4, 0.5) is 0 Å². The maximum absolute atomic E-state index is 11.9. The van der Waals surface area contributed by atoms with Crippen molar-refractivity contribution in [3.05, 3.63) is 41.6 Å². The zero-order valence-electron chi connectivity index (χ0n) is 13.2. The van der Waals surface area contributed by atoms with Crippen LogP contribution < -0.4 is 0 Å². The topological polar surface area (TPSA) is 68.5 Å². The highest BCUT2D eigenvalue weighted by Gasteiger charge is 2.30. The number of hydrogen-bond donors (Lipinski definition) is 0. The van der Waals surface area contributed by atoms with Gasteiger partial charge in [-0.3, -0.25) is 4.79 Å². The summed E-state index contributed by atoms with van der Waals surface area (Å²) in [7, 11) is 1.88. The van der Waals surface area contributed by atoms with Crippen LogP contribution in [0.25, 0.3) is 11.5 Å². The molecule has 1 aliphatic rings. The average Bonchev–Trinajstić information content (AvgIpc) is 3.03. The standard InChI is InChI=1S/C16H17N3O3S/c1-4-12-17-18-16(21-12)14-15(22-13(20)5-2)10-8-6-7-9-11(10)23-19(14)3/h6-9H,4-5H2,1-3H3. The van der Waals surface area contributed by atoms with Crippen molar-refractivity contribution in [3.63, 3.8) is 0 Å². The number of rotatable bonds is 4. The number of carbonyl (C=O) groups is 1. The van der Waals surface area contributed by atoms with Crippen molar-refractivity contribution in [2.24, 2.45) is 0 Å². The van der Waals surface area contributed by atoms with Gasteiger partial charge in [0.1, 0.15) is 0 Å². The predicted octanol–water partition coefficient (Wildman–Crippen LogP) is 3.36. The molecule has 0 atom stereocenters. The van der Waals surface area contributed by atoms with Gasteiger partial charge in [-0.05, 0) is 24.1 Å². The van der Waals surface area contributed by atoms with Crippen LogP contribution in [0.15, 0.2) is 33.6 Å². The lowest BCUT2D eigenvalue weighted by molar-refractivity contribution is -0.136. The summed E-state index contributed by atoms with van der Waals surface area (Å²) < 4.78 is 13.2. The van der Waals surface area contributed by atoms with E-state index in [2.05, 4.69) is 10.2 Å². The van der Waals surface area contributed by atoms with Gasteiger partial charge in [0.25, 0.3) is 5.89 Å². The molecule has 3 rings (SSSR count). The van der Waals surface area contributed by atoms with Crippen molar-refractivity contribution in [1.29, 1.82) is 0 Å². The molecule has 0 N–H and O–H groups in total. The van der Waals surface area contributed by atoms with E-state index >= 15 is 0 Å². The first-order valence-corrected chi connectivity index (χ1v) is 8.20. The Morgan fingerprint density at radius 2 is 2.09 bits per heavy atom. The third-order valence-corrected chi connectivity index (χ3v) is 4.38. The van der Waals surface area contributed by atoms with Crippen molar-refractivity contribution < 1.29 is 13.9 Å². The van der Waals surface area contributed by atoms with Gasteiger partial charge < -0.3 is 13.5 Å². The first-order valence-electron chi connectivity index (χ1n) is 7.42. The van der Waals surface area contributed by atoms with E-state index in [4.69, 9.17) is 9.15 Å². The van der Waals surface area contributed by atoms with Gasteiger partial charge in [-0.1, -0.05) is 26.0 Å². The Bertz CT molecular complexity index is 769. The molecule has 6 nitrogen and oxygen atoms in total. The SMILES string of the molecule is CCC(=O)OC1=C(c2nnc(CC)o2)N(C)Sc2ccccc21. The Balaban J connectivity index is 2.17. The summed E-state index contributed by atoms with van der Waals surface area (Å²) in [6.07, 6.45) is 0.942. The summed E-state index contributed by atoms with van der Waals surface area (Å²) in [5.41, 5.74) is 1.46. The molecule has 2 heterocycles. The molecule has 1 aliphatic heterocycles. The van der Waals surface area contributed by atoms with Crippen molar-refractivity contribution in [2.45, 2.75) is 31.6 Å². The second-order valence-electron chi connectivity index (χ2n) is 4.94. The molecule has 0 saturated heterocycles. The largest absolute Gasteiger partial charge is 0.423 e. The lowest BCUT2D eigenvalue weighted by Gasteiger charge is -2.28. The van der Waals surface area contributed by atoms with E-state index in [0.717, 1.165) is 10.5 Å². The number of nitrogens with zero attached hydrogens (tertiary/aromatic N) is 3. The van der Waals surface area contributed by atoms with Crippen LogP contribution in [-0.2, 0) is 16.0 Å².